The minimum absolute atomic E-state index is 0.710. The van der Waals surface area contributed by atoms with Gasteiger partial charge in [0.2, 0.25) is 0 Å². The standard InChI is InChI=1S/C14H22N2O/c1-11-3-4-13(15)14(9-11)16-7-5-12(6-8-16)10-17-2/h3-4,9,12H,5-8,10,15H2,1-2H3. The van der Waals surface area contributed by atoms with E-state index in [1.165, 1.54) is 24.1 Å². The molecule has 0 saturated carbocycles. The molecule has 0 unspecified atom stereocenters. The van der Waals surface area contributed by atoms with Gasteiger partial charge in [0.15, 0.2) is 0 Å². The van der Waals surface area contributed by atoms with E-state index in [4.69, 9.17) is 10.5 Å². The Labute approximate surface area is 104 Å². The molecule has 0 aromatic heterocycles. The molecule has 0 radical (unpaired) electrons. The van der Waals surface area contributed by atoms with Gasteiger partial charge >= 0.3 is 0 Å². The van der Waals surface area contributed by atoms with Crippen molar-refractivity contribution in [2.45, 2.75) is 19.8 Å². The van der Waals surface area contributed by atoms with Crippen molar-refractivity contribution >= 4 is 11.4 Å². The smallest absolute Gasteiger partial charge is 0.0602 e. The second kappa shape index (κ2) is 5.41. The van der Waals surface area contributed by atoms with Gasteiger partial charge < -0.3 is 15.4 Å². The molecule has 0 spiro atoms. The van der Waals surface area contributed by atoms with Crippen LogP contribution < -0.4 is 10.6 Å². The lowest BCUT2D eigenvalue weighted by molar-refractivity contribution is 0.139. The van der Waals surface area contributed by atoms with E-state index in [-0.39, 0.29) is 0 Å². The van der Waals surface area contributed by atoms with E-state index in [2.05, 4.69) is 24.0 Å². The van der Waals surface area contributed by atoms with Crippen molar-refractivity contribution in [3.05, 3.63) is 23.8 Å². The number of ether oxygens (including phenoxy) is 1. The van der Waals surface area contributed by atoms with Gasteiger partial charge in [0.25, 0.3) is 0 Å². The summed E-state index contributed by atoms with van der Waals surface area (Å²) in [5, 5.41) is 0. The van der Waals surface area contributed by atoms with Gasteiger partial charge in [-0.1, -0.05) is 6.07 Å². The number of benzene rings is 1. The number of methoxy groups -OCH3 is 1. The molecule has 3 heteroatoms. The summed E-state index contributed by atoms with van der Waals surface area (Å²) in [6.45, 7) is 5.17. The number of rotatable bonds is 3. The fourth-order valence-corrected chi connectivity index (χ4v) is 2.50. The van der Waals surface area contributed by atoms with E-state index >= 15 is 0 Å². The Balaban J connectivity index is 2.02. The third-order valence-corrected chi connectivity index (χ3v) is 3.54. The van der Waals surface area contributed by atoms with E-state index < -0.39 is 0 Å². The van der Waals surface area contributed by atoms with Crippen LogP contribution >= 0.6 is 0 Å². The highest BCUT2D eigenvalue weighted by Crippen LogP contribution is 2.28. The second-order valence-electron chi connectivity index (χ2n) is 4.95. The Morgan fingerprint density at radius 2 is 2.06 bits per heavy atom. The van der Waals surface area contributed by atoms with Gasteiger partial charge in [0, 0.05) is 26.8 Å². The molecule has 1 fully saturated rings. The van der Waals surface area contributed by atoms with Gasteiger partial charge in [-0.2, -0.15) is 0 Å². The van der Waals surface area contributed by atoms with Crippen LogP contribution in [0, 0.1) is 12.8 Å². The van der Waals surface area contributed by atoms with Crippen LogP contribution in [0.4, 0.5) is 11.4 Å². The molecule has 0 amide bonds. The summed E-state index contributed by atoms with van der Waals surface area (Å²) in [5.41, 5.74) is 9.40. The van der Waals surface area contributed by atoms with Gasteiger partial charge in [0.1, 0.15) is 0 Å². The Kier molecular flexibility index (Phi) is 3.89. The van der Waals surface area contributed by atoms with E-state index in [1.807, 2.05) is 6.07 Å². The lowest BCUT2D eigenvalue weighted by Gasteiger charge is -2.34. The van der Waals surface area contributed by atoms with Crippen molar-refractivity contribution in [2.24, 2.45) is 5.92 Å². The van der Waals surface area contributed by atoms with E-state index in [0.717, 1.165) is 25.4 Å². The van der Waals surface area contributed by atoms with Gasteiger partial charge in [0.05, 0.1) is 11.4 Å². The number of nitrogens with two attached hydrogens (primary N) is 1. The first-order valence-electron chi connectivity index (χ1n) is 6.30. The summed E-state index contributed by atoms with van der Waals surface area (Å²) in [5.74, 6) is 0.710. The average molecular weight is 234 g/mol. The Bertz CT molecular complexity index is 370. The van der Waals surface area contributed by atoms with Gasteiger partial charge in [-0.15, -0.1) is 0 Å². The van der Waals surface area contributed by atoms with Crippen molar-refractivity contribution in [1.29, 1.82) is 0 Å². The molecule has 1 saturated heterocycles. The fourth-order valence-electron chi connectivity index (χ4n) is 2.50. The number of piperidine rings is 1. The highest BCUT2D eigenvalue weighted by molar-refractivity contribution is 5.68. The van der Waals surface area contributed by atoms with E-state index in [1.54, 1.807) is 7.11 Å². The summed E-state index contributed by atoms with van der Waals surface area (Å²) in [6, 6.07) is 6.26. The maximum Gasteiger partial charge on any atom is 0.0602 e. The average Bonchev–Trinajstić information content (AvgIpc) is 2.34. The predicted molar refractivity (Wildman–Crippen MR) is 72.4 cm³/mol. The molecule has 1 heterocycles. The SMILES string of the molecule is COCC1CCN(c2cc(C)ccc2N)CC1. The number of anilines is 2. The van der Waals surface area contributed by atoms with Crippen LogP contribution in [0.3, 0.4) is 0 Å². The molecule has 1 aliphatic rings. The fraction of sp³-hybridized carbons (Fsp3) is 0.571. The predicted octanol–water partition coefficient (Wildman–Crippen LogP) is 2.44. The third kappa shape index (κ3) is 2.91. The third-order valence-electron chi connectivity index (χ3n) is 3.54. The monoisotopic (exact) mass is 234 g/mol. The number of nitrogens with zero attached hydrogens (tertiary/aromatic N) is 1. The van der Waals surface area contributed by atoms with Crippen molar-refractivity contribution in [3.63, 3.8) is 0 Å². The van der Waals surface area contributed by atoms with Crippen molar-refractivity contribution in [1.82, 2.24) is 0 Å². The summed E-state index contributed by atoms with van der Waals surface area (Å²) in [4.78, 5) is 2.40. The number of hydrogen-bond donors (Lipinski definition) is 1. The zero-order chi connectivity index (χ0) is 12.3. The summed E-state index contributed by atoms with van der Waals surface area (Å²) in [6.07, 6.45) is 2.39. The van der Waals surface area contributed by atoms with Gasteiger partial charge in [-0.25, -0.2) is 0 Å². The minimum atomic E-state index is 0.710. The van der Waals surface area contributed by atoms with Crippen LogP contribution in [0.2, 0.25) is 0 Å². The molecule has 0 aliphatic carbocycles. The lowest BCUT2D eigenvalue weighted by Crippen LogP contribution is -2.35. The first kappa shape index (κ1) is 12.2. The highest BCUT2D eigenvalue weighted by Gasteiger charge is 2.20. The molecule has 94 valence electrons. The molecule has 0 bridgehead atoms. The van der Waals surface area contributed by atoms with E-state index in [9.17, 15) is 0 Å². The number of hydrogen-bond acceptors (Lipinski definition) is 3. The Morgan fingerprint density at radius 1 is 1.35 bits per heavy atom. The zero-order valence-electron chi connectivity index (χ0n) is 10.8. The normalized spacial score (nSPS) is 17.4. The van der Waals surface area contributed by atoms with Gasteiger partial charge in [-0.05, 0) is 43.4 Å². The quantitative estimate of drug-likeness (QED) is 0.816. The van der Waals surface area contributed by atoms with Crippen LogP contribution in [0.1, 0.15) is 18.4 Å². The minimum Gasteiger partial charge on any atom is -0.397 e. The molecule has 3 nitrogen and oxygen atoms in total. The topological polar surface area (TPSA) is 38.5 Å². The first-order chi connectivity index (χ1) is 8.20. The molecule has 1 aliphatic heterocycles. The number of nitrogen functional groups attached to an aromatic ring is 1. The maximum atomic E-state index is 6.05. The Morgan fingerprint density at radius 3 is 2.71 bits per heavy atom. The largest absolute Gasteiger partial charge is 0.397 e. The molecular weight excluding hydrogens is 212 g/mol. The molecule has 17 heavy (non-hydrogen) atoms. The number of aryl methyl sites for hydroxylation is 1. The van der Waals surface area contributed by atoms with Crippen molar-refractivity contribution in [3.8, 4) is 0 Å². The van der Waals surface area contributed by atoms with E-state index in [0.29, 0.717) is 5.92 Å². The molecular formula is C14H22N2O. The summed E-state index contributed by atoms with van der Waals surface area (Å²) >= 11 is 0. The molecule has 1 aromatic carbocycles. The second-order valence-corrected chi connectivity index (χ2v) is 4.95. The first-order valence-corrected chi connectivity index (χ1v) is 6.30. The van der Waals surface area contributed by atoms with Gasteiger partial charge in [-0.3, -0.25) is 0 Å². The molecule has 2 N–H and O–H groups in total. The van der Waals surface area contributed by atoms with Crippen LogP contribution in [0.5, 0.6) is 0 Å². The summed E-state index contributed by atoms with van der Waals surface area (Å²) in [7, 11) is 1.78. The summed E-state index contributed by atoms with van der Waals surface area (Å²) < 4.78 is 5.22. The maximum absolute atomic E-state index is 6.05. The van der Waals surface area contributed by atoms with Crippen LogP contribution in [-0.2, 0) is 4.74 Å². The Hall–Kier alpha value is -1.22. The molecule has 1 aromatic rings. The van der Waals surface area contributed by atoms with Crippen LogP contribution in [0.25, 0.3) is 0 Å². The van der Waals surface area contributed by atoms with Crippen molar-refractivity contribution in [2.75, 3.05) is 37.4 Å². The zero-order valence-corrected chi connectivity index (χ0v) is 10.8. The molecule has 0 atom stereocenters. The van der Waals surface area contributed by atoms with Crippen LogP contribution in [-0.4, -0.2) is 26.8 Å². The van der Waals surface area contributed by atoms with Crippen molar-refractivity contribution < 1.29 is 4.74 Å². The molecule has 2 rings (SSSR count). The highest BCUT2D eigenvalue weighted by atomic mass is 16.5. The lowest BCUT2D eigenvalue weighted by atomic mass is 9.97. The van der Waals surface area contributed by atoms with Crippen LogP contribution in [0.15, 0.2) is 18.2 Å².